The summed E-state index contributed by atoms with van der Waals surface area (Å²) in [6, 6.07) is 12.6. The molecule has 2 amide bonds. The summed E-state index contributed by atoms with van der Waals surface area (Å²) < 4.78 is 11.0. The van der Waals surface area contributed by atoms with E-state index < -0.39 is 0 Å². The van der Waals surface area contributed by atoms with Crippen LogP contribution < -0.4 is 20.1 Å². The van der Waals surface area contributed by atoms with Gasteiger partial charge < -0.3 is 20.1 Å². The molecule has 0 spiro atoms. The van der Waals surface area contributed by atoms with E-state index in [-0.39, 0.29) is 18.4 Å². The van der Waals surface area contributed by atoms with E-state index in [1.54, 1.807) is 18.2 Å². The number of rotatable bonds is 9. The van der Waals surface area contributed by atoms with E-state index in [9.17, 15) is 9.59 Å². The van der Waals surface area contributed by atoms with Gasteiger partial charge in [-0.2, -0.15) is 0 Å². The van der Waals surface area contributed by atoms with Crippen LogP contribution in [-0.4, -0.2) is 31.6 Å². The number of hydrogen-bond acceptors (Lipinski definition) is 4. The molecule has 2 aromatic carbocycles. The molecule has 2 N–H and O–H groups in total. The highest BCUT2D eigenvalue weighted by atomic mass is 16.5. The monoisotopic (exact) mass is 384 g/mol. The summed E-state index contributed by atoms with van der Waals surface area (Å²) in [5.41, 5.74) is 2.26. The molecular formula is C22H28N2O4. The van der Waals surface area contributed by atoms with E-state index in [0.717, 1.165) is 5.56 Å². The molecule has 6 nitrogen and oxygen atoms in total. The van der Waals surface area contributed by atoms with Gasteiger partial charge in [0.05, 0.1) is 19.8 Å². The lowest BCUT2D eigenvalue weighted by Gasteiger charge is -2.13. The van der Waals surface area contributed by atoms with Crippen molar-refractivity contribution in [2.45, 2.75) is 33.6 Å². The number of anilines is 1. The van der Waals surface area contributed by atoms with E-state index in [1.165, 1.54) is 0 Å². The number of carbonyl (C=O) groups is 2. The minimum atomic E-state index is -0.352. The summed E-state index contributed by atoms with van der Waals surface area (Å²) in [6.07, 6.45) is 0. The molecule has 0 unspecified atom stereocenters. The van der Waals surface area contributed by atoms with Gasteiger partial charge in [0.15, 0.2) is 11.5 Å². The summed E-state index contributed by atoms with van der Waals surface area (Å²) in [6.45, 7) is 8.77. The number of ether oxygens (including phenoxy) is 2. The Balaban J connectivity index is 1.96. The highest BCUT2D eigenvalue weighted by Gasteiger charge is 2.13. The summed E-state index contributed by atoms with van der Waals surface area (Å²) in [7, 11) is 0. The fourth-order valence-electron chi connectivity index (χ4n) is 2.64. The predicted molar refractivity (Wildman–Crippen MR) is 110 cm³/mol. The quantitative estimate of drug-likeness (QED) is 0.686. The molecule has 0 aliphatic heterocycles. The summed E-state index contributed by atoms with van der Waals surface area (Å²) in [5.74, 6) is 0.826. The van der Waals surface area contributed by atoms with Crippen molar-refractivity contribution in [2.24, 2.45) is 0 Å². The Kier molecular flexibility index (Phi) is 7.87. The molecule has 0 saturated heterocycles. The number of hydrogen-bond donors (Lipinski definition) is 2. The lowest BCUT2D eigenvalue weighted by atomic mass is 10.0. The first-order valence-corrected chi connectivity index (χ1v) is 9.52. The van der Waals surface area contributed by atoms with Gasteiger partial charge in [-0.3, -0.25) is 9.59 Å². The average Bonchev–Trinajstić information content (AvgIpc) is 2.68. The van der Waals surface area contributed by atoms with E-state index in [0.29, 0.717) is 41.9 Å². The summed E-state index contributed by atoms with van der Waals surface area (Å²) >= 11 is 0. The second kappa shape index (κ2) is 10.3. The Morgan fingerprint density at radius 3 is 2.36 bits per heavy atom. The van der Waals surface area contributed by atoms with Crippen LogP contribution in [0.15, 0.2) is 42.5 Å². The van der Waals surface area contributed by atoms with Crippen LogP contribution in [0, 0.1) is 0 Å². The zero-order valence-electron chi connectivity index (χ0n) is 16.9. The number of benzene rings is 2. The van der Waals surface area contributed by atoms with E-state index >= 15 is 0 Å². The average molecular weight is 384 g/mol. The van der Waals surface area contributed by atoms with Gasteiger partial charge >= 0.3 is 0 Å². The van der Waals surface area contributed by atoms with Gasteiger partial charge in [-0.1, -0.05) is 26.0 Å². The Bertz CT molecular complexity index is 818. The van der Waals surface area contributed by atoms with Gasteiger partial charge in [0.25, 0.3) is 5.91 Å². The first kappa shape index (κ1) is 21.3. The number of nitrogens with one attached hydrogen (secondary N) is 2. The molecule has 0 aromatic heterocycles. The highest BCUT2D eigenvalue weighted by molar-refractivity contribution is 5.99. The molecule has 0 saturated carbocycles. The molecule has 0 aliphatic rings. The van der Waals surface area contributed by atoms with Crippen LogP contribution in [0.5, 0.6) is 11.5 Å². The first-order valence-electron chi connectivity index (χ1n) is 9.52. The van der Waals surface area contributed by atoms with Crippen LogP contribution >= 0.6 is 0 Å². The van der Waals surface area contributed by atoms with Gasteiger partial charge in [0.1, 0.15) is 0 Å². The molecule has 0 bridgehead atoms. The fourth-order valence-corrected chi connectivity index (χ4v) is 2.64. The van der Waals surface area contributed by atoms with Gasteiger partial charge in [0.2, 0.25) is 5.91 Å². The summed E-state index contributed by atoms with van der Waals surface area (Å²) in [5, 5.41) is 5.43. The Morgan fingerprint density at radius 1 is 0.964 bits per heavy atom. The van der Waals surface area contributed by atoms with Crippen LogP contribution in [0.25, 0.3) is 0 Å². The Morgan fingerprint density at radius 2 is 1.68 bits per heavy atom. The van der Waals surface area contributed by atoms with Crippen molar-refractivity contribution in [1.82, 2.24) is 5.32 Å². The topological polar surface area (TPSA) is 76.7 Å². The van der Waals surface area contributed by atoms with Crippen LogP contribution in [0.1, 0.15) is 49.5 Å². The third-order valence-corrected chi connectivity index (χ3v) is 4.05. The fraction of sp³-hybridized carbons (Fsp3) is 0.364. The third-order valence-electron chi connectivity index (χ3n) is 4.05. The molecule has 28 heavy (non-hydrogen) atoms. The zero-order chi connectivity index (χ0) is 20.5. The Labute approximate surface area is 166 Å². The molecule has 0 radical (unpaired) electrons. The largest absolute Gasteiger partial charge is 0.490 e. The number of carbonyl (C=O) groups excluding carboxylic acids is 2. The van der Waals surface area contributed by atoms with Crippen LogP contribution in [0.3, 0.4) is 0 Å². The van der Waals surface area contributed by atoms with E-state index in [4.69, 9.17) is 9.47 Å². The maximum absolute atomic E-state index is 12.4. The molecule has 2 aromatic rings. The maximum atomic E-state index is 12.4. The highest BCUT2D eigenvalue weighted by Crippen LogP contribution is 2.28. The van der Waals surface area contributed by atoms with Crippen LogP contribution in [0.4, 0.5) is 5.69 Å². The lowest BCUT2D eigenvalue weighted by Crippen LogP contribution is -2.32. The van der Waals surface area contributed by atoms with Gasteiger partial charge in [-0.15, -0.1) is 0 Å². The molecule has 150 valence electrons. The van der Waals surface area contributed by atoms with Gasteiger partial charge in [-0.25, -0.2) is 0 Å². The Hall–Kier alpha value is -3.02. The second-order valence-corrected chi connectivity index (χ2v) is 6.54. The SMILES string of the molecule is CCOc1ccc(C(=O)NCC(=O)Nc2cccc(C(C)C)c2)cc1OCC. The smallest absolute Gasteiger partial charge is 0.251 e. The van der Waals surface area contributed by atoms with Crippen molar-refractivity contribution in [3.05, 3.63) is 53.6 Å². The molecule has 2 rings (SSSR count). The molecule has 0 heterocycles. The normalized spacial score (nSPS) is 10.5. The van der Waals surface area contributed by atoms with E-state index in [2.05, 4.69) is 24.5 Å². The third kappa shape index (κ3) is 6.01. The van der Waals surface area contributed by atoms with Crippen LogP contribution in [-0.2, 0) is 4.79 Å². The molecule has 0 aliphatic carbocycles. The predicted octanol–water partition coefficient (Wildman–Crippen LogP) is 3.98. The van der Waals surface area contributed by atoms with Crippen molar-refractivity contribution < 1.29 is 19.1 Å². The summed E-state index contributed by atoms with van der Waals surface area (Å²) in [4.78, 5) is 24.6. The van der Waals surface area contributed by atoms with Gasteiger partial charge in [-0.05, 0) is 55.7 Å². The number of amides is 2. The van der Waals surface area contributed by atoms with Gasteiger partial charge in [0, 0.05) is 11.3 Å². The second-order valence-electron chi connectivity index (χ2n) is 6.54. The van der Waals surface area contributed by atoms with E-state index in [1.807, 2.05) is 38.1 Å². The standard InChI is InChI=1S/C22H28N2O4/c1-5-27-19-11-10-17(13-20(19)28-6-2)22(26)23-14-21(25)24-18-9-7-8-16(12-18)15(3)4/h7-13,15H,5-6,14H2,1-4H3,(H,23,26)(H,24,25). The molecular weight excluding hydrogens is 356 g/mol. The molecule has 0 atom stereocenters. The lowest BCUT2D eigenvalue weighted by molar-refractivity contribution is -0.115. The molecule has 0 fully saturated rings. The molecule has 6 heteroatoms. The van der Waals surface area contributed by atoms with Crippen molar-refractivity contribution >= 4 is 17.5 Å². The first-order chi connectivity index (χ1) is 13.4. The van der Waals surface area contributed by atoms with Crippen molar-refractivity contribution in [3.63, 3.8) is 0 Å². The van der Waals surface area contributed by atoms with Crippen molar-refractivity contribution in [3.8, 4) is 11.5 Å². The van der Waals surface area contributed by atoms with Crippen LogP contribution in [0.2, 0.25) is 0 Å². The zero-order valence-corrected chi connectivity index (χ0v) is 16.9. The van der Waals surface area contributed by atoms with Crippen molar-refractivity contribution in [2.75, 3.05) is 25.1 Å². The minimum Gasteiger partial charge on any atom is -0.490 e. The maximum Gasteiger partial charge on any atom is 0.251 e. The van der Waals surface area contributed by atoms with Crippen molar-refractivity contribution in [1.29, 1.82) is 0 Å². The minimum absolute atomic E-state index is 0.123.